The van der Waals surface area contributed by atoms with Gasteiger partial charge in [-0.3, -0.25) is 0 Å². The molecule has 1 fully saturated rings. The first kappa shape index (κ1) is 26.2. The largest absolute Gasteiger partial charge is 0.357 e. The van der Waals surface area contributed by atoms with E-state index in [1.165, 1.54) is 32.7 Å². The SMILES string of the molecule is CCNC(=NCc1cccc(CS(=O)(=O)NC)c1)N(C)CC1CCC(C)CC1.I. The Kier molecular flexibility index (Phi) is 11.5. The lowest BCUT2D eigenvalue weighted by Gasteiger charge is -2.31. The summed E-state index contributed by atoms with van der Waals surface area (Å²) >= 11 is 0. The average Bonchev–Trinajstić information content (AvgIpc) is 2.67. The number of halogens is 1. The molecule has 1 aliphatic carbocycles. The van der Waals surface area contributed by atoms with Crippen LogP contribution >= 0.6 is 24.0 Å². The van der Waals surface area contributed by atoms with E-state index in [9.17, 15) is 8.42 Å². The Balaban J connectivity index is 0.00000420. The van der Waals surface area contributed by atoms with Crippen LogP contribution in [0.25, 0.3) is 0 Å². The van der Waals surface area contributed by atoms with Crippen LogP contribution in [0.2, 0.25) is 0 Å². The van der Waals surface area contributed by atoms with Gasteiger partial charge in [-0.15, -0.1) is 24.0 Å². The molecule has 6 nitrogen and oxygen atoms in total. The summed E-state index contributed by atoms with van der Waals surface area (Å²) in [5, 5.41) is 3.38. The molecule has 0 unspecified atom stereocenters. The maximum absolute atomic E-state index is 11.8. The maximum Gasteiger partial charge on any atom is 0.215 e. The Hall–Kier alpha value is -0.870. The van der Waals surface area contributed by atoms with Gasteiger partial charge in [-0.2, -0.15) is 0 Å². The summed E-state index contributed by atoms with van der Waals surface area (Å²) < 4.78 is 25.9. The molecule has 0 radical (unpaired) electrons. The number of hydrogen-bond donors (Lipinski definition) is 2. The Labute approximate surface area is 194 Å². The zero-order valence-corrected chi connectivity index (χ0v) is 21.3. The van der Waals surface area contributed by atoms with Crippen LogP contribution < -0.4 is 10.0 Å². The molecule has 0 aliphatic heterocycles. The van der Waals surface area contributed by atoms with Crippen LogP contribution in [0.5, 0.6) is 0 Å². The molecule has 0 bridgehead atoms. The van der Waals surface area contributed by atoms with Gasteiger partial charge in [-0.25, -0.2) is 18.1 Å². The lowest BCUT2D eigenvalue weighted by Crippen LogP contribution is -2.41. The van der Waals surface area contributed by atoms with E-state index >= 15 is 0 Å². The van der Waals surface area contributed by atoms with E-state index in [2.05, 4.69) is 35.8 Å². The van der Waals surface area contributed by atoms with Gasteiger partial charge >= 0.3 is 0 Å². The minimum Gasteiger partial charge on any atom is -0.357 e. The van der Waals surface area contributed by atoms with Crippen molar-refractivity contribution in [3.63, 3.8) is 0 Å². The zero-order chi connectivity index (χ0) is 20.6. The highest BCUT2D eigenvalue weighted by atomic mass is 127. The normalized spacial score (nSPS) is 20.1. The summed E-state index contributed by atoms with van der Waals surface area (Å²) in [5.41, 5.74) is 1.79. The number of aliphatic imine (C=N–C) groups is 1. The van der Waals surface area contributed by atoms with E-state index in [4.69, 9.17) is 4.99 Å². The molecule has 0 aromatic heterocycles. The second-order valence-corrected chi connectivity index (χ2v) is 9.89. The van der Waals surface area contributed by atoms with Gasteiger partial charge in [0.15, 0.2) is 5.96 Å². The first-order valence-corrected chi connectivity index (χ1v) is 12.0. The van der Waals surface area contributed by atoms with E-state index in [1.54, 1.807) is 0 Å². The van der Waals surface area contributed by atoms with Crippen molar-refractivity contribution in [3.05, 3.63) is 35.4 Å². The quantitative estimate of drug-likeness (QED) is 0.303. The van der Waals surface area contributed by atoms with Gasteiger partial charge in [0.25, 0.3) is 0 Å². The van der Waals surface area contributed by atoms with Gasteiger partial charge in [-0.1, -0.05) is 44.0 Å². The molecule has 166 valence electrons. The standard InChI is InChI=1S/C21H36N4O2S.HI/c1-5-23-21(25(4)15-18-11-9-17(2)10-12-18)24-14-19-7-6-8-20(13-19)16-28(26,27)22-3;/h6-8,13,17-18,22H,5,9-12,14-16H2,1-4H3,(H,23,24);1H. The highest BCUT2D eigenvalue weighted by Gasteiger charge is 2.20. The maximum atomic E-state index is 11.8. The summed E-state index contributed by atoms with van der Waals surface area (Å²) in [7, 11) is 0.277. The zero-order valence-electron chi connectivity index (χ0n) is 18.1. The fraction of sp³-hybridized carbons (Fsp3) is 0.667. The summed E-state index contributed by atoms with van der Waals surface area (Å²) in [4.78, 5) is 7.02. The smallest absolute Gasteiger partial charge is 0.215 e. The summed E-state index contributed by atoms with van der Waals surface area (Å²) in [6.45, 7) is 6.81. The van der Waals surface area contributed by atoms with Gasteiger partial charge in [0.2, 0.25) is 10.0 Å². The molecule has 0 atom stereocenters. The Morgan fingerprint density at radius 2 is 1.86 bits per heavy atom. The van der Waals surface area contributed by atoms with Crippen LogP contribution in [-0.4, -0.2) is 46.5 Å². The van der Waals surface area contributed by atoms with E-state index in [-0.39, 0.29) is 29.7 Å². The molecule has 0 heterocycles. The summed E-state index contributed by atoms with van der Waals surface area (Å²) in [6, 6.07) is 7.64. The van der Waals surface area contributed by atoms with Crippen molar-refractivity contribution in [2.45, 2.75) is 51.8 Å². The number of nitrogens with zero attached hydrogens (tertiary/aromatic N) is 2. The number of benzene rings is 1. The Morgan fingerprint density at radius 1 is 1.21 bits per heavy atom. The van der Waals surface area contributed by atoms with Crippen molar-refractivity contribution in [1.82, 2.24) is 14.9 Å². The highest BCUT2D eigenvalue weighted by Crippen LogP contribution is 2.28. The van der Waals surface area contributed by atoms with Crippen molar-refractivity contribution >= 4 is 40.0 Å². The van der Waals surface area contributed by atoms with E-state index in [1.807, 2.05) is 24.3 Å². The number of nitrogens with one attached hydrogen (secondary N) is 2. The molecule has 1 aromatic rings. The predicted molar refractivity (Wildman–Crippen MR) is 132 cm³/mol. The second kappa shape index (κ2) is 12.7. The highest BCUT2D eigenvalue weighted by molar-refractivity contribution is 14.0. The van der Waals surface area contributed by atoms with Gasteiger partial charge in [0.1, 0.15) is 0 Å². The van der Waals surface area contributed by atoms with Crippen molar-refractivity contribution in [3.8, 4) is 0 Å². The lowest BCUT2D eigenvalue weighted by molar-refractivity contribution is 0.250. The van der Waals surface area contributed by atoms with Crippen LogP contribution in [0, 0.1) is 11.8 Å². The van der Waals surface area contributed by atoms with E-state index in [0.29, 0.717) is 6.54 Å². The van der Waals surface area contributed by atoms with Crippen LogP contribution in [0.4, 0.5) is 0 Å². The number of hydrogen-bond acceptors (Lipinski definition) is 3. The van der Waals surface area contributed by atoms with Crippen molar-refractivity contribution < 1.29 is 8.42 Å². The molecule has 0 spiro atoms. The van der Waals surface area contributed by atoms with Crippen LogP contribution in [0.3, 0.4) is 0 Å². The third-order valence-electron chi connectivity index (χ3n) is 5.43. The Bertz CT molecular complexity index is 747. The van der Waals surface area contributed by atoms with Crippen LogP contribution in [-0.2, 0) is 22.3 Å². The monoisotopic (exact) mass is 536 g/mol. The molecular formula is C21H37IN4O2S. The van der Waals surface area contributed by atoms with Gasteiger partial charge < -0.3 is 10.2 Å². The van der Waals surface area contributed by atoms with E-state index in [0.717, 1.165) is 42.0 Å². The molecule has 0 saturated heterocycles. The van der Waals surface area contributed by atoms with Crippen molar-refractivity contribution in [1.29, 1.82) is 0 Å². The summed E-state index contributed by atoms with van der Waals surface area (Å²) in [6.07, 6.45) is 5.25. The van der Waals surface area contributed by atoms with Crippen molar-refractivity contribution in [2.75, 3.05) is 27.2 Å². The van der Waals surface area contributed by atoms with Gasteiger partial charge in [0.05, 0.1) is 12.3 Å². The molecule has 2 rings (SSSR count). The fourth-order valence-electron chi connectivity index (χ4n) is 3.73. The van der Waals surface area contributed by atoms with Gasteiger partial charge in [-0.05, 0) is 49.8 Å². The molecule has 1 aromatic carbocycles. The number of rotatable bonds is 8. The van der Waals surface area contributed by atoms with Crippen molar-refractivity contribution in [2.24, 2.45) is 16.8 Å². The molecule has 1 saturated carbocycles. The average molecular weight is 537 g/mol. The minimum atomic E-state index is -3.27. The number of sulfonamides is 1. The molecular weight excluding hydrogens is 499 g/mol. The first-order valence-electron chi connectivity index (χ1n) is 10.3. The van der Waals surface area contributed by atoms with Crippen LogP contribution in [0.1, 0.15) is 50.7 Å². The van der Waals surface area contributed by atoms with Crippen LogP contribution in [0.15, 0.2) is 29.3 Å². The second-order valence-electron chi connectivity index (χ2n) is 7.96. The molecule has 29 heavy (non-hydrogen) atoms. The molecule has 8 heteroatoms. The Morgan fingerprint density at radius 3 is 2.48 bits per heavy atom. The fourth-order valence-corrected chi connectivity index (χ4v) is 4.49. The van der Waals surface area contributed by atoms with E-state index < -0.39 is 10.0 Å². The summed E-state index contributed by atoms with van der Waals surface area (Å²) in [5.74, 6) is 2.50. The third-order valence-corrected chi connectivity index (χ3v) is 6.77. The third kappa shape index (κ3) is 9.21. The molecule has 2 N–H and O–H groups in total. The lowest BCUT2D eigenvalue weighted by atomic mass is 9.83. The molecule has 0 amide bonds. The first-order chi connectivity index (χ1) is 13.3. The number of guanidine groups is 1. The van der Waals surface area contributed by atoms with Gasteiger partial charge in [0, 0.05) is 20.1 Å². The topological polar surface area (TPSA) is 73.8 Å². The molecule has 1 aliphatic rings. The predicted octanol–water partition coefficient (Wildman–Crippen LogP) is 3.58. The minimum absolute atomic E-state index is 0.